The number of carbonyl (C=O) groups is 3. The number of ether oxygens (including phenoxy) is 3. The minimum absolute atomic E-state index is 0.102. The van der Waals surface area contributed by atoms with Gasteiger partial charge in [0.15, 0.2) is 0 Å². The number of carbonyl (C=O) groups excluding carboxylic acids is 3. The second-order valence-corrected chi connectivity index (χ2v) is 9.61. The Labute approximate surface area is 204 Å². The number of esters is 1. The van der Waals surface area contributed by atoms with E-state index in [4.69, 9.17) is 14.2 Å². The van der Waals surface area contributed by atoms with Crippen molar-refractivity contribution >= 4 is 35.0 Å². The fourth-order valence-electron chi connectivity index (χ4n) is 3.15. The average molecular weight is 484 g/mol. The van der Waals surface area contributed by atoms with Crippen LogP contribution in [0.3, 0.4) is 0 Å². The molecule has 0 aromatic heterocycles. The summed E-state index contributed by atoms with van der Waals surface area (Å²) in [4.78, 5) is 37.3. The van der Waals surface area contributed by atoms with E-state index < -0.39 is 17.1 Å². The molecule has 0 aliphatic carbocycles. The molecule has 0 saturated carbocycles. The third-order valence-corrected chi connectivity index (χ3v) is 5.89. The van der Waals surface area contributed by atoms with Gasteiger partial charge in [0.05, 0.1) is 11.5 Å². The maximum Gasteiger partial charge on any atom is 0.326 e. The van der Waals surface area contributed by atoms with E-state index >= 15 is 0 Å². The van der Waals surface area contributed by atoms with Crippen molar-refractivity contribution in [3.8, 4) is 11.5 Å². The van der Waals surface area contributed by atoms with Crippen molar-refractivity contribution in [2.24, 2.45) is 0 Å². The molecule has 1 fully saturated rings. The summed E-state index contributed by atoms with van der Waals surface area (Å²) in [6.07, 6.45) is 1.62. The Bertz CT molecular complexity index is 1050. The van der Waals surface area contributed by atoms with Gasteiger partial charge in [-0.15, -0.1) is 0 Å². The zero-order valence-electron chi connectivity index (χ0n) is 19.8. The van der Waals surface area contributed by atoms with Crippen LogP contribution in [0.25, 0.3) is 6.08 Å². The van der Waals surface area contributed by atoms with E-state index in [9.17, 15) is 14.4 Å². The highest BCUT2D eigenvalue weighted by molar-refractivity contribution is 8.18. The predicted molar refractivity (Wildman–Crippen MR) is 132 cm³/mol. The van der Waals surface area contributed by atoms with E-state index in [-0.39, 0.29) is 23.5 Å². The smallest absolute Gasteiger partial charge is 0.326 e. The maximum absolute atomic E-state index is 12.5. The van der Waals surface area contributed by atoms with E-state index in [1.807, 2.05) is 12.1 Å². The van der Waals surface area contributed by atoms with Gasteiger partial charge in [-0.3, -0.25) is 19.3 Å². The van der Waals surface area contributed by atoms with E-state index in [1.165, 1.54) is 5.56 Å². The number of imide groups is 1. The van der Waals surface area contributed by atoms with Gasteiger partial charge in [-0.05, 0) is 65.6 Å². The van der Waals surface area contributed by atoms with Crippen LogP contribution in [0.4, 0.5) is 4.79 Å². The molecule has 1 aliphatic heterocycles. The van der Waals surface area contributed by atoms with E-state index in [1.54, 1.807) is 37.3 Å². The minimum Gasteiger partial charge on any atom is -0.490 e. The molecule has 2 aromatic carbocycles. The monoisotopic (exact) mass is 483 g/mol. The fourth-order valence-corrected chi connectivity index (χ4v) is 3.99. The van der Waals surface area contributed by atoms with Crippen LogP contribution in [0.15, 0.2) is 53.4 Å². The molecule has 1 aliphatic rings. The summed E-state index contributed by atoms with van der Waals surface area (Å²) in [6, 6.07) is 15.2. The summed E-state index contributed by atoms with van der Waals surface area (Å²) in [7, 11) is 0. The van der Waals surface area contributed by atoms with Crippen molar-refractivity contribution < 1.29 is 28.6 Å². The molecule has 3 rings (SSSR count). The first-order valence-electron chi connectivity index (χ1n) is 11.0. The number of nitrogens with zero attached hydrogens (tertiary/aromatic N) is 1. The molecule has 2 aromatic rings. The van der Waals surface area contributed by atoms with E-state index in [2.05, 4.69) is 32.9 Å². The second kappa shape index (κ2) is 11.2. The topological polar surface area (TPSA) is 82.1 Å². The van der Waals surface area contributed by atoms with Gasteiger partial charge in [-0.1, -0.05) is 45.0 Å². The quantitative estimate of drug-likeness (QED) is 0.281. The van der Waals surface area contributed by atoms with E-state index in [0.717, 1.165) is 28.0 Å². The highest BCUT2D eigenvalue weighted by Crippen LogP contribution is 2.32. The van der Waals surface area contributed by atoms with Crippen molar-refractivity contribution in [3.63, 3.8) is 0 Å². The van der Waals surface area contributed by atoms with E-state index in [0.29, 0.717) is 19.0 Å². The standard InChI is InChI=1S/C26H29NO6S/c1-5-31-23(28)17-27-24(29)22(34-25(27)30)16-18-6-10-20(11-7-18)32-14-15-33-21-12-8-19(9-13-21)26(2,3)4/h6-13,16H,5,14-15,17H2,1-4H3/b22-16-. The summed E-state index contributed by atoms with van der Waals surface area (Å²) >= 11 is 0.801. The van der Waals surface area contributed by atoms with Gasteiger partial charge in [-0.2, -0.15) is 0 Å². The molecule has 0 spiro atoms. The van der Waals surface area contributed by atoms with Crippen molar-refractivity contribution in [2.45, 2.75) is 33.1 Å². The Morgan fingerprint density at radius 3 is 2.03 bits per heavy atom. The SMILES string of the molecule is CCOC(=O)CN1C(=O)S/C(=C\c2ccc(OCCOc3ccc(C(C)(C)C)cc3)cc2)C1=O. The summed E-state index contributed by atoms with van der Waals surface area (Å²) in [5, 5.41) is -0.489. The molecular weight excluding hydrogens is 454 g/mol. The molecule has 7 nitrogen and oxygen atoms in total. The van der Waals surface area contributed by atoms with Crippen LogP contribution in [0.1, 0.15) is 38.8 Å². The summed E-state index contributed by atoms with van der Waals surface area (Å²) in [5.74, 6) is 0.345. The molecule has 1 heterocycles. The number of thioether (sulfide) groups is 1. The van der Waals surface area contributed by atoms with Crippen molar-refractivity contribution in [1.29, 1.82) is 0 Å². The lowest BCUT2D eigenvalue weighted by atomic mass is 9.87. The summed E-state index contributed by atoms with van der Waals surface area (Å²) in [5.41, 5.74) is 2.09. The van der Waals surface area contributed by atoms with Crippen molar-refractivity contribution in [1.82, 2.24) is 4.90 Å². The van der Waals surface area contributed by atoms with Crippen LogP contribution in [-0.2, 0) is 19.7 Å². The van der Waals surface area contributed by atoms with Gasteiger partial charge >= 0.3 is 5.97 Å². The van der Waals surface area contributed by atoms with Crippen molar-refractivity contribution in [3.05, 3.63) is 64.6 Å². The molecule has 2 amide bonds. The Balaban J connectivity index is 1.48. The van der Waals surface area contributed by atoms with Crippen LogP contribution in [0, 0.1) is 0 Å². The van der Waals surface area contributed by atoms with Crippen LogP contribution in [0.5, 0.6) is 11.5 Å². The zero-order chi connectivity index (χ0) is 24.7. The van der Waals surface area contributed by atoms with Gasteiger partial charge in [0.25, 0.3) is 11.1 Å². The molecule has 1 saturated heterocycles. The van der Waals surface area contributed by atoms with Gasteiger partial charge < -0.3 is 14.2 Å². The Hall–Kier alpha value is -3.26. The molecule has 0 atom stereocenters. The van der Waals surface area contributed by atoms with Crippen molar-refractivity contribution in [2.75, 3.05) is 26.4 Å². The minimum atomic E-state index is -0.613. The van der Waals surface area contributed by atoms with Crippen LogP contribution >= 0.6 is 11.8 Å². The summed E-state index contributed by atoms with van der Waals surface area (Å²) < 4.78 is 16.3. The van der Waals surface area contributed by atoms with Crippen LogP contribution in [-0.4, -0.2) is 48.4 Å². The molecule has 0 bridgehead atoms. The van der Waals surface area contributed by atoms with Gasteiger partial charge in [0.1, 0.15) is 31.3 Å². The van der Waals surface area contributed by atoms with Crippen LogP contribution in [0.2, 0.25) is 0 Å². The molecule has 180 valence electrons. The zero-order valence-corrected chi connectivity index (χ0v) is 20.6. The largest absolute Gasteiger partial charge is 0.490 e. The average Bonchev–Trinajstić information content (AvgIpc) is 3.05. The number of rotatable bonds is 9. The number of benzene rings is 2. The predicted octanol–water partition coefficient (Wildman–Crippen LogP) is 5.04. The molecule has 34 heavy (non-hydrogen) atoms. The lowest BCUT2D eigenvalue weighted by Gasteiger charge is -2.19. The van der Waals surface area contributed by atoms with Gasteiger partial charge in [0.2, 0.25) is 0 Å². The third kappa shape index (κ3) is 6.87. The third-order valence-electron chi connectivity index (χ3n) is 4.99. The fraction of sp³-hybridized carbons (Fsp3) is 0.346. The highest BCUT2D eigenvalue weighted by atomic mass is 32.2. The molecule has 0 N–H and O–H groups in total. The van der Waals surface area contributed by atoms with Crippen LogP contribution < -0.4 is 9.47 Å². The number of hydrogen-bond acceptors (Lipinski definition) is 7. The Kier molecular flexibility index (Phi) is 8.39. The normalized spacial score (nSPS) is 15.1. The molecular formula is C26H29NO6S. The molecule has 8 heteroatoms. The lowest BCUT2D eigenvalue weighted by Crippen LogP contribution is -2.34. The molecule has 0 radical (unpaired) electrons. The lowest BCUT2D eigenvalue weighted by molar-refractivity contribution is -0.145. The van der Waals surface area contributed by atoms with Gasteiger partial charge in [-0.25, -0.2) is 0 Å². The number of amides is 2. The molecule has 0 unspecified atom stereocenters. The first-order chi connectivity index (χ1) is 16.2. The first kappa shape index (κ1) is 25.4. The highest BCUT2D eigenvalue weighted by Gasteiger charge is 2.36. The second-order valence-electron chi connectivity index (χ2n) is 8.61. The van der Waals surface area contributed by atoms with Gasteiger partial charge in [0, 0.05) is 0 Å². The Morgan fingerprint density at radius 2 is 1.50 bits per heavy atom. The maximum atomic E-state index is 12.5. The first-order valence-corrected chi connectivity index (χ1v) is 11.9. The Morgan fingerprint density at radius 1 is 0.941 bits per heavy atom. The summed E-state index contributed by atoms with van der Waals surface area (Å²) in [6.45, 7) is 8.77. The number of hydrogen-bond donors (Lipinski definition) is 0.